The number of benzene rings is 1. The molecule has 4 aliphatic rings. The number of halogens is 1. The minimum absolute atomic E-state index is 0.112. The lowest BCUT2D eigenvalue weighted by Crippen LogP contribution is -2.56. The Morgan fingerprint density at radius 2 is 1.92 bits per heavy atom. The van der Waals surface area contributed by atoms with E-state index in [0.717, 1.165) is 30.2 Å². The molecular weight excluding hydrogens is 526 g/mol. The van der Waals surface area contributed by atoms with Crippen LogP contribution in [0.4, 0.5) is 5.69 Å². The smallest absolute Gasteiger partial charge is 0.246 e. The van der Waals surface area contributed by atoms with Gasteiger partial charge < -0.3 is 25.0 Å². The highest BCUT2D eigenvalue weighted by atomic mass is 79.9. The topological polar surface area (TPSA) is 97.0 Å². The Hall–Kier alpha value is -2.23. The van der Waals surface area contributed by atoms with Crippen LogP contribution in [0.2, 0.25) is 0 Å². The van der Waals surface area contributed by atoms with E-state index >= 15 is 0 Å². The third kappa shape index (κ3) is 4.61. The minimum Gasteiger partial charge on any atom is -0.382 e. The fourth-order valence-corrected chi connectivity index (χ4v) is 6.54. The molecule has 1 saturated carbocycles. The first-order chi connectivity index (χ1) is 17.4. The Labute approximate surface area is 220 Å². The van der Waals surface area contributed by atoms with Crippen LogP contribution >= 0.6 is 15.9 Å². The molecule has 1 aromatic rings. The van der Waals surface area contributed by atoms with Gasteiger partial charge in [-0.25, -0.2) is 0 Å². The Morgan fingerprint density at radius 1 is 1.17 bits per heavy atom. The Bertz CT molecular complexity index is 1020. The molecule has 0 unspecified atom stereocenters. The first-order valence-corrected chi connectivity index (χ1v) is 13.9. The summed E-state index contributed by atoms with van der Waals surface area (Å²) in [7, 11) is 0. The van der Waals surface area contributed by atoms with E-state index in [1.807, 2.05) is 31.2 Å². The third-order valence-corrected chi connectivity index (χ3v) is 8.41. The Kier molecular flexibility index (Phi) is 7.51. The standard InChI is InChI=1S/C27H34BrN3O5/c1-2-35-16-6-15-31-23(25(33)30-18-7-4-3-5-8-18)27-14-13-20(36-27)21(22(27)26(31)34)24(32)29-19-11-9-17(28)10-12-19/h9-14,18,20-23H,2-8,15-16H2,1H3,(H,29,32)(H,30,33)/t20-,21+,22-,23-,27+/m1/s1. The maximum Gasteiger partial charge on any atom is 0.246 e. The van der Waals surface area contributed by atoms with Crippen LogP contribution < -0.4 is 10.6 Å². The van der Waals surface area contributed by atoms with Gasteiger partial charge in [0, 0.05) is 36.0 Å². The van der Waals surface area contributed by atoms with Crippen molar-refractivity contribution < 1.29 is 23.9 Å². The van der Waals surface area contributed by atoms with Crippen molar-refractivity contribution in [3.63, 3.8) is 0 Å². The van der Waals surface area contributed by atoms with Gasteiger partial charge in [-0.2, -0.15) is 0 Å². The second-order valence-corrected chi connectivity index (χ2v) is 11.0. The number of carbonyl (C=O) groups is 3. The molecule has 5 atom stereocenters. The molecule has 3 fully saturated rings. The Balaban J connectivity index is 1.40. The number of ether oxygens (including phenoxy) is 2. The van der Waals surface area contributed by atoms with Gasteiger partial charge in [-0.05, 0) is 50.5 Å². The van der Waals surface area contributed by atoms with E-state index in [1.165, 1.54) is 6.42 Å². The molecule has 3 aliphatic heterocycles. The molecule has 8 nitrogen and oxygen atoms in total. The molecule has 5 rings (SSSR count). The lowest BCUT2D eigenvalue weighted by molar-refractivity contribution is -0.141. The van der Waals surface area contributed by atoms with Crippen molar-refractivity contribution in [3.05, 3.63) is 40.9 Å². The number of anilines is 1. The van der Waals surface area contributed by atoms with E-state index in [-0.39, 0.29) is 23.8 Å². The normalized spacial score (nSPS) is 31.1. The molecule has 194 valence electrons. The molecule has 2 saturated heterocycles. The molecule has 2 bridgehead atoms. The zero-order valence-electron chi connectivity index (χ0n) is 20.6. The molecule has 2 N–H and O–H groups in total. The average molecular weight is 560 g/mol. The summed E-state index contributed by atoms with van der Waals surface area (Å²) in [5, 5.41) is 6.15. The largest absolute Gasteiger partial charge is 0.382 e. The summed E-state index contributed by atoms with van der Waals surface area (Å²) in [5.41, 5.74) is -0.483. The van der Waals surface area contributed by atoms with Crippen molar-refractivity contribution >= 4 is 39.3 Å². The highest BCUT2D eigenvalue weighted by Gasteiger charge is 2.72. The number of fused-ring (bicyclic) bond motifs is 1. The van der Waals surface area contributed by atoms with E-state index < -0.39 is 29.6 Å². The molecule has 0 radical (unpaired) electrons. The molecule has 9 heteroatoms. The third-order valence-electron chi connectivity index (χ3n) is 7.88. The van der Waals surface area contributed by atoms with E-state index in [9.17, 15) is 14.4 Å². The van der Waals surface area contributed by atoms with Gasteiger partial charge in [0.15, 0.2) is 0 Å². The Morgan fingerprint density at radius 3 is 2.64 bits per heavy atom. The number of hydrogen-bond acceptors (Lipinski definition) is 5. The summed E-state index contributed by atoms with van der Waals surface area (Å²) >= 11 is 3.40. The van der Waals surface area contributed by atoms with E-state index in [2.05, 4.69) is 26.6 Å². The van der Waals surface area contributed by atoms with Crippen molar-refractivity contribution in [2.45, 2.75) is 69.2 Å². The first kappa shape index (κ1) is 25.4. The number of nitrogens with zero attached hydrogens (tertiary/aromatic N) is 1. The van der Waals surface area contributed by atoms with Crippen LogP contribution in [0.25, 0.3) is 0 Å². The van der Waals surface area contributed by atoms with Crippen LogP contribution in [-0.4, -0.2) is 66.2 Å². The molecule has 0 aromatic heterocycles. The lowest BCUT2D eigenvalue weighted by atomic mass is 9.74. The summed E-state index contributed by atoms with van der Waals surface area (Å²) < 4.78 is 12.8. The number of hydrogen-bond donors (Lipinski definition) is 2. The molecular formula is C27H34BrN3O5. The van der Waals surface area contributed by atoms with Crippen molar-refractivity contribution in [1.82, 2.24) is 10.2 Å². The summed E-state index contributed by atoms with van der Waals surface area (Å²) in [4.78, 5) is 42.7. The van der Waals surface area contributed by atoms with Gasteiger partial charge >= 0.3 is 0 Å². The van der Waals surface area contributed by atoms with Gasteiger partial charge in [0.1, 0.15) is 11.6 Å². The number of rotatable bonds is 9. The predicted octanol–water partition coefficient (Wildman–Crippen LogP) is 3.41. The van der Waals surface area contributed by atoms with Gasteiger partial charge in [-0.15, -0.1) is 0 Å². The monoisotopic (exact) mass is 559 g/mol. The van der Waals surface area contributed by atoms with E-state index in [1.54, 1.807) is 17.0 Å². The van der Waals surface area contributed by atoms with Gasteiger partial charge in [-0.3, -0.25) is 14.4 Å². The van der Waals surface area contributed by atoms with E-state index in [4.69, 9.17) is 9.47 Å². The van der Waals surface area contributed by atoms with Crippen LogP contribution in [0.15, 0.2) is 40.9 Å². The highest BCUT2D eigenvalue weighted by Crippen LogP contribution is 2.55. The first-order valence-electron chi connectivity index (χ1n) is 13.1. The summed E-state index contributed by atoms with van der Waals surface area (Å²) in [5.74, 6) is -2.09. The SMILES string of the molecule is CCOCCCN1C(=O)[C@H]2[C@@H](C(=O)Nc3ccc(Br)cc3)[C@H]3C=C[C@@]2(O3)[C@H]1C(=O)NC1CCCCC1. The van der Waals surface area contributed by atoms with Gasteiger partial charge in [-0.1, -0.05) is 47.3 Å². The van der Waals surface area contributed by atoms with Crippen molar-refractivity contribution in [1.29, 1.82) is 0 Å². The summed E-state index contributed by atoms with van der Waals surface area (Å²) in [6, 6.07) is 6.62. The van der Waals surface area contributed by atoms with E-state index in [0.29, 0.717) is 31.9 Å². The predicted molar refractivity (Wildman–Crippen MR) is 138 cm³/mol. The van der Waals surface area contributed by atoms with Gasteiger partial charge in [0.2, 0.25) is 17.7 Å². The van der Waals surface area contributed by atoms with Crippen molar-refractivity contribution in [3.8, 4) is 0 Å². The fraction of sp³-hybridized carbons (Fsp3) is 0.593. The van der Waals surface area contributed by atoms with Crippen LogP contribution in [0.3, 0.4) is 0 Å². The number of amides is 3. The second-order valence-electron chi connectivity index (χ2n) is 10.1. The van der Waals surface area contributed by atoms with Crippen LogP contribution in [0, 0.1) is 11.8 Å². The van der Waals surface area contributed by atoms with Crippen molar-refractivity contribution in [2.75, 3.05) is 25.1 Å². The highest BCUT2D eigenvalue weighted by molar-refractivity contribution is 9.10. The van der Waals surface area contributed by atoms with Gasteiger partial charge in [0.25, 0.3) is 0 Å². The number of likely N-dealkylation sites (tertiary alicyclic amines) is 1. The zero-order valence-corrected chi connectivity index (χ0v) is 22.2. The summed E-state index contributed by atoms with van der Waals surface area (Å²) in [6.45, 7) is 3.40. The zero-order chi connectivity index (χ0) is 25.3. The molecule has 3 amide bonds. The summed E-state index contributed by atoms with van der Waals surface area (Å²) in [6.07, 6.45) is 9.05. The second kappa shape index (κ2) is 10.6. The van der Waals surface area contributed by atoms with Crippen LogP contribution in [0.5, 0.6) is 0 Å². The molecule has 36 heavy (non-hydrogen) atoms. The van der Waals surface area contributed by atoms with Gasteiger partial charge in [0.05, 0.1) is 17.9 Å². The maximum atomic E-state index is 13.9. The average Bonchev–Trinajstić information content (AvgIpc) is 3.51. The fourth-order valence-electron chi connectivity index (χ4n) is 6.27. The quantitative estimate of drug-likeness (QED) is 0.357. The van der Waals surface area contributed by atoms with Crippen LogP contribution in [0.1, 0.15) is 45.4 Å². The maximum absolute atomic E-state index is 13.9. The number of carbonyl (C=O) groups excluding carboxylic acids is 3. The molecule has 3 heterocycles. The molecule has 1 spiro atoms. The van der Waals surface area contributed by atoms with Crippen molar-refractivity contribution in [2.24, 2.45) is 11.8 Å². The molecule has 1 aromatic carbocycles. The molecule has 1 aliphatic carbocycles. The lowest BCUT2D eigenvalue weighted by Gasteiger charge is -2.34. The minimum atomic E-state index is -1.13. The van der Waals surface area contributed by atoms with Crippen LogP contribution in [-0.2, 0) is 23.9 Å². The number of nitrogens with one attached hydrogen (secondary N) is 2.